The minimum atomic E-state index is -4.47. The Morgan fingerprint density at radius 1 is 1.40 bits per heavy atom. The van der Waals surface area contributed by atoms with Crippen molar-refractivity contribution in [1.82, 2.24) is 10.2 Å². The van der Waals surface area contributed by atoms with Gasteiger partial charge in [-0.15, -0.1) is 0 Å². The standard InChI is InChI=1S/C12H11F3N4O/c1-6-9(16)10(19-18-6)11(20)17-8-4-2-3-7(5-8)12(13,14)15/h2-5H,16H2,1H3,(H,17,20)(H,18,19). The second-order valence-electron chi connectivity index (χ2n) is 4.14. The van der Waals surface area contributed by atoms with Crippen LogP contribution >= 0.6 is 0 Å². The Hall–Kier alpha value is -2.51. The number of H-pyrrole nitrogens is 1. The average Bonchev–Trinajstić information content (AvgIpc) is 2.69. The van der Waals surface area contributed by atoms with E-state index in [9.17, 15) is 18.0 Å². The lowest BCUT2D eigenvalue weighted by Crippen LogP contribution is -2.15. The average molecular weight is 284 g/mol. The van der Waals surface area contributed by atoms with Crippen molar-refractivity contribution in [1.29, 1.82) is 0 Å². The molecular formula is C12H11F3N4O. The van der Waals surface area contributed by atoms with Crippen LogP contribution < -0.4 is 11.1 Å². The summed E-state index contributed by atoms with van der Waals surface area (Å²) in [6.45, 7) is 1.63. The molecule has 0 radical (unpaired) electrons. The van der Waals surface area contributed by atoms with Gasteiger partial charge in [0.25, 0.3) is 5.91 Å². The van der Waals surface area contributed by atoms with Crippen molar-refractivity contribution >= 4 is 17.3 Å². The van der Waals surface area contributed by atoms with Crippen molar-refractivity contribution in [3.05, 3.63) is 41.2 Å². The molecule has 0 aliphatic heterocycles. The quantitative estimate of drug-likeness (QED) is 0.792. The van der Waals surface area contributed by atoms with Crippen molar-refractivity contribution in [3.63, 3.8) is 0 Å². The first-order chi connectivity index (χ1) is 9.29. The number of halogens is 3. The highest BCUT2D eigenvalue weighted by molar-refractivity contribution is 6.06. The third kappa shape index (κ3) is 2.73. The van der Waals surface area contributed by atoms with E-state index in [0.29, 0.717) is 5.69 Å². The Morgan fingerprint density at radius 3 is 2.65 bits per heavy atom. The number of aromatic nitrogens is 2. The zero-order valence-electron chi connectivity index (χ0n) is 10.4. The highest BCUT2D eigenvalue weighted by Crippen LogP contribution is 2.30. The van der Waals surface area contributed by atoms with Crippen LogP contribution in [0.1, 0.15) is 21.7 Å². The number of nitrogens with one attached hydrogen (secondary N) is 2. The fraction of sp³-hybridized carbons (Fsp3) is 0.167. The minimum Gasteiger partial charge on any atom is -0.395 e. The van der Waals surface area contributed by atoms with Crippen LogP contribution in [0.4, 0.5) is 24.5 Å². The van der Waals surface area contributed by atoms with E-state index in [1.807, 2.05) is 0 Å². The van der Waals surface area contributed by atoms with Gasteiger partial charge in [-0.25, -0.2) is 0 Å². The van der Waals surface area contributed by atoms with E-state index in [1.54, 1.807) is 6.92 Å². The molecule has 0 unspecified atom stereocenters. The highest BCUT2D eigenvalue weighted by Gasteiger charge is 2.30. The lowest BCUT2D eigenvalue weighted by Gasteiger charge is -2.09. The normalized spacial score (nSPS) is 11.4. The Bertz CT molecular complexity index is 648. The monoisotopic (exact) mass is 284 g/mol. The van der Waals surface area contributed by atoms with Crippen LogP contribution in [0.15, 0.2) is 24.3 Å². The van der Waals surface area contributed by atoms with Crippen LogP contribution in [-0.4, -0.2) is 16.1 Å². The van der Waals surface area contributed by atoms with E-state index in [0.717, 1.165) is 12.1 Å². The number of carbonyl (C=O) groups excluding carboxylic acids is 1. The lowest BCUT2D eigenvalue weighted by molar-refractivity contribution is -0.137. The molecule has 20 heavy (non-hydrogen) atoms. The molecule has 2 rings (SSSR count). The maximum absolute atomic E-state index is 12.5. The van der Waals surface area contributed by atoms with Crippen molar-refractivity contribution in [3.8, 4) is 0 Å². The summed E-state index contributed by atoms with van der Waals surface area (Å²) < 4.78 is 37.6. The molecule has 0 saturated heterocycles. The molecule has 1 aromatic heterocycles. The number of rotatable bonds is 2. The molecule has 0 spiro atoms. The van der Waals surface area contributed by atoms with Crippen LogP contribution in [0.25, 0.3) is 0 Å². The van der Waals surface area contributed by atoms with Gasteiger partial charge >= 0.3 is 6.18 Å². The SMILES string of the molecule is Cc1[nH]nc(C(=O)Nc2cccc(C(F)(F)F)c2)c1N. The fourth-order valence-electron chi connectivity index (χ4n) is 1.57. The molecule has 1 amide bonds. The molecule has 0 aliphatic carbocycles. The number of amides is 1. The first kappa shape index (κ1) is 13.9. The van der Waals surface area contributed by atoms with Crippen LogP contribution in [-0.2, 0) is 6.18 Å². The summed E-state index contributed by atoms with van der Waals surface area (Å²) in [5.74, 6) is -0.675. The molecule has 0 fully saturated rings. The van der Waals surface area contributed by atoms with E-state index < -0.39 is 17.6 Å². The van der Waals surface area contributed by atoms with E-state index in [1.165, 1.54) is 12.1 Å². The number of hydrogen-bond acceptors (Lipinski definition) is 3. The Morgan fingerprint density at radius 2 is 2.10 bits per heavy atom. The Balaban J connectivity index is 2.22. The highest BCUT2D eigenvalue weighted by atomic mass is 19.4. The van der Waals surface area contributed by atoms with Crippen LogP contribution in [0, 0.1) is 6.92 Å². The molecule has 5 nitrogen and oxygen atoms in total. The summed E-state index contributed by atoms with van der Waals surface area (Å²) in [6, 6.07) is 4.32. The first-order valence-electron chi connectivity index (χ1n) is 5.58. The second-order valence-corrected chi connectivity index (χ2v) is 4.14. The fourth-order valence-corrected chi connectivity index (χ4v) is 1.57. The number of alkyl halides is 3. The number of aryl methyl sites for hydroxylation is 1. The van der Waals surface area contributed by atoms with Crippen LogP contribution in [0.2, 0.25) is 0 Å². The molecule has 0 atom stereocenters. The number of carbonyl (C=O) groups is 1. The summed E-state index contributed by atoms with van der Waals surface area (Å²) in [5, 5.41) is 8.55. The molecule has 0 saturated carbocycles. The maximum Gasteiger partial charge on any atom is 0.416 e. The molecular weight excluding hydrogens is 273 g/mol. The summed E-state index contributed by atoms with van der Waals surface area (Å²) >= 11 is 0. The van der Waals surface area contributed by atoms with Crippen LogP contribution in [0.3, 0.4) is 0 Å². The van der Waals surface area contributed by atoms with Gasteiger partial charge in [-0.3, -0.25) is 9.89 Å². The molecule has 1 aromatic carbocycles. The van der Waals surface area contributed by atoms with Gasteiger partial charge in [0.2, 0.25) is 0 Å². The summed E-state index contributed by atoms with van der Waals surface area (Å²) in [4.78, 5) is 11.9. The maximum atomic E-state index is 12.5. The van der Waals surface area contributed by atoms with E-state index in [4.69, 9.17) is 5.73 Å². The third-order valence-corrected chi connectivity index (χ3v) is 2.66. The van der Waals surface area contributed by atoms with Gasteiger partial charge in [0, 0.05) is 5.69 Å². The molecule has 106 valence electrons. The molecule has 8 heteroatoms. The largest absolute Gasteiger partial charge is 0.416 e. The van der Waals surface area contributed by atoms with E-state index >= 15 is 0 Å². The number of nitrogens with two attached hydrogens (primary N) is 1. The van der Waals surface area contributed by atoms with Crippen molar-refractivity contribution in [2.75, 3.05) is 11.1 Å². The number of nitrogens with zero attached hydrogens (tertiary/aromatic N) is 1. The van der Waals surface area contributed by atoms with Gasteiger partial charge in [-0.05, 0) is 25.1 Å². The Labute approximate surface area is 112 Å². The zero-order valence-corrected chi connectivity index (χ0v) is 10.4. The van der Waals surface area contributed by atoms with E-state index in [-0.39, 0.29) is 17.1 Å². The number of hydrogen-bond donors (Lipinski definition) is 3. The molecule has 1 heterocycles. The second kappa shape index (κ2) is 4.87. The Kier molecular flexibility index (Phi) is 3.39. The number of aromatic amines is 1. The zero-order chi connectivity index (χ0) is 14.9. The van der Waals surface area contributed by atoms with Gasteiger partial charge in [0.15, 0.2) is 5.69 Å². The van der Waals surface area contributed by atoms with Gasteiger partial charge in [-0.1, -0.05) is 6.07 Å². The third-order valence-electron chi connectivity index (χ3n) is 2.66. The molecule has 0 aliphatic rings. The summed E-state index contributed by atoms with van der Waals surface area (Å²) in [7, 11) is 0. The first-order valence-corrected chi connectivity index (χ1v) is 5.58. The lowest BCUT2D eigenvalue weighted by atomic mass is 10.2. The predicted molar refractivity (Wildman–Crippen MR) is 67.1 cm³/mol. The molecule has 4 N–H and O–H groups in total. The van der Waals surface area contributed by atoms with Gasteiger partial charge < -0.3 is 11.1 Å². The van der Waals surface area contributed by atoms with Crippen molar-refractivity contribution < 1.29 is 18.0 Å². The minimum absolute atomic E-state index is 0.0184. The number of benzene rings is 1. The van der Waals surface area contributed by atoms with Gasteiger partial charge in [0.1, 0.15) is 0 Å². The van der Waals surface area contributed by atoms with Gasteiger partial charge in [0.05, 0.1) is 16.9 Å². The number of anilines is 2. The topological polar surface area (TPSA) is 83.8 Å². The molecule has 0 bridgehead atoms. The van der Waals surface area contributed by atoms with Crippen LogP contribution in [0.5, 0.6) is 0 Å². The summed E-state index contributed by atoms with van der Waals surface area (Å²) in [6.07, 6.45) is -4.47. The summed E-state index contributed by atoms with van der Waals surface area (Å²) in [5.41, 5.74) is 5.41. The molecule has 2 aromatic rings. The van der Waals surface area contributed by atoms with Crippen molar-refractivity contribution in [2.45, 2.75) is 13.1 Å². The smallest absolute Gasteiger partial charge is 0.395 e. The number of nitrogen functional groups attached to an aromatic ring is 1. The van der Waals surface area contributed by atoms with Gasteiger partial charge in [-0.2, -0.15) is 18.3 Å². The van der Waals surface area contributed by atoms with E-state index in [2.05, 4.69) is 15.5 Å². The van der Waals surface area contributed by atoms with Crippen molar-refractivity contribution in [2.24, 2.45) is 0 Å². The predicted octanol–water partition coefficient (Wildman–Crippen LogP) is 2.57.